The van der Waals surface area contributed by atoms with Gasteiger partial charge in [0.05, 0.1) is 6.54 Å². The maximum Gasteiger partial charge on any atom is 0.260 e. The largest absolute Gasteiger partial charge is 0.484 e. The van der Waals surface area contributed by atoms with Crippen LogP contribution >= 0.6 is 0 Å². The fourth-order valence-corrected chi connectivity index (χ4v) is 3.47. The Morgan fingerprint density at radius 1 is 0.935 bits per heavy atom. The molecule has 2 amide bonds. The molecule has 3 rings (SSSR count). The second-order valence-electron chi connectivity index (χ2n) is 7.53. The maximum atomic E-state index is 12.5. The molecule has 0 spiro atoms. The number of piperazine rings is 1. The molecule has 7 nitrogen and oxygen atoms in total. The minimum atomic E-state index is -0.0317. The van der Waals surface area contributed by atoms with Gasteiger partial charge in [0.1, 0.15) is 5.75 Å². The fourth-order valence-electron chi connectivity index (χ4n) is 3.47. The summed E-state index contributed by atoms with van der Waals surface area (Å²) in [7, 11) is 1.65. The summed E-state index contributed by atoms with van der Waals surface area (Å²) < 4.78 is 10.7. The van der Waals surface area contributed by atoms with Crippen molar-refractivity contribution in [3.8, 4) is 16.9 Å². The normalized spacial score (nSPS) is 14.3. The molecule has 1 saturated heterocycles. The van der Waals surface area contributed by atoms with Gasteiger partial charge in [0.2, 0.25) is 5.91 Å². The molecule has 1 N–H and O–H groups in total. The Balaban J connectivity index is 1.36. The molecule has 0 saturated carbocycles. The topological polar surface area (TPSA) is 71.1 Å². The summed E-state index contributed by atoms with van der Waals surface area (Å²) in [6, 6.07) is 17.9. The van der Waals surface area contributed by atoms with Crippen molar-refractivity contribution in [1.29, 1.82) is 0 Å². The van der Waals surface area contributed by atoms with E-state index in [0.717, 1.165) is 17.5 Å². The van der Waals surface area contributed by atoms with Crippen LogP contribution < -0.4 is 10.1 Å². The number of ether oxygens (including phenoxy) is 2. The predicted octanol–water partition coefficient (Wildman–Crippen LogP) is 2.03. The van der Waals surface area contributed by atoms with Crippen molar-refractivity contribution in [3.63, 3.8) is 0 Å². The molecule has 0 aliphatic carbocycles. The summed E-state index contributed by atoms with van der Waals surface area (Å²) in [5.41, 5.74) is 2.25. The minimum Gasteiger partial charge on any atom is -0.484 e. The number of carbonyl (C=O) groups is 2. The Morgan fingerprint density at radius 2 is 1.61 bits per heavy atom. The van der Waals surface area contributed by atoms with Crippen LogP contribution in [0.2, 0.25) is 0 Å². The number of amides is 2. The van der Waals surface area contributed by atoms with E-state index in [0.29, 0.717) is 51.6 Å². The molecule has 166 valence electrons. The zero-order valence-electron chi connectivity index (χ0n) is 18.1. The molecule has 1 heterocycles. The van der Waals surface area contributed by atoms with E-state index in [-0.39, 0.29) is 18.4 Å². The van der Waals surface area contributed by atoms with Gasteiger partial charge >= 0.3 is 0 Å². The third kappa shape index (κ3) is 7.38. The third-order valence-corrected chi connectivity index (χ3v) is 5.26. The molecule has 0 bridgehead atoms. The van der Waals surface area contributed by atoms with E-state index >= 15 is 0 Å². The highest BCUT2D eigenvalue weighted by Gasteiger charge is 2.22. The highest BCUT2D eigenvalue weighted by atomic mass is 16.5. The van der Waals surface area contributed by atoms with Crippen molar-refractivity contribution >= 4 is 11.8 Å². The summed E-state index contributed by atoms with van der Waals surface area (Å²) in [6.07, 6.45) is 0.805. The van der Waals surface area contributed by atoms with E-state index in [2.05, 4.69) is 22.3 Å². The van der Waals surface area contributed by atoms with Crippen molar-refractivity contribution in [2.45, 2.75) is 6.42 Å². The van der Waals surface area contributed by atoms with Gasteiger partial charge in [0, 0.05) is 46.4 Å². The van der Waals surface area contributed by atoms with Crippen LogP contribution in [0.25, 0.3) is 11.1 Å². The van der Waals surface area contributed by atoms with Gasteiger partial charge in [-0.2, -0.15) is 0 Å². The van der Waals surface area contributed by atoms with E-state index in [9.17, 15) is 9.59 Å². The summed E-state index contributed by atoms with van der Waals surface area (Å²) in [5, 5.41) is 2.89. The first-order valence-corrected chi connectivity index (χ1v) is 10.7. The number of benzene rings is 2. The van der Waals surface area contributed by atoms with Gasteiger partial charge in [-0.1, -0.05) is 42.5 Å². The molecule has 31 heavy (non-hydrogen) atoms. The Morgan fingerprint density at radius 3 is 2.29 bits per heavy atom. The van der Waals surface area contributed by atoms with Crippen molar-refractivity contribution in [1.82, 2.24) is 15.1 Å². The Kier molecular flexibility index (Phi) is 8.87. The van der Waals surface area contributed by atoms with E-state index in [1.807, 2.05) is 42.5 Å². The van der Waals surface area contributed by atoms with Gasteiger partial charge in [-0.05, 0) is 29.7 Å². The van der Waals surface area contributed by atoms with Crippen LogP contribution in [0, 0.1) is 0 Å². The lowest BCUT2D eigenvalue weighted by molar-refractivity contribution is -0.135. The second kappa shape index (κ2) is 12.1. The Labute approximate surface area is 183 Å². The van der Waals surface area contributed by atoms with Crippen LogP contribution in [0.3, 0.4) is 0 Å². The monoisotopic (exact) mass is 425 g/mol. The molecule has 1 aliphatic heterocycles. The summed E-state index contributed by atoms with van der Waals surface area (Å²) in [6.45, 7) is 4.21. The molecule has 0 aromatic heterocycles. The van der Waals surface area contributed by atoms with E-state index < -0.39 is 0 Å². The number of carbonyl (C=O) groups excluding carboxylic acids is 2. The second-order valence-corrected chi connectivity index (χ2v) is 7.53. The number of methoxy groups -OCH3 is 1. The number of nitrogens with zero attached hydrogens (tertiary/aromatic N) is 2. The SMILES string of the molecule is COCCCNC(=O)CN1CCN(C(=O)COc2ccc(-c3ccccc3)cc2)CC1. The lowest BCUT2D eigenvalue weighted by Crippen LogP contribution is -2.52. The van der Waals surface area contributed by atoms with Crippen molar-refractivity contribution in [2.75, 3.05) is 59.6 Å². The molecule has 2 aromatic carbocycles. The van der Waals surface area contributed by atoms with Crippen LogP contribution in [0.4, 0.5) is 0 Å². The summed E-state index contributed by atoms with van der Waals surface area (Å²) in [5.74, 6) is 0.658. The number of rotatable bonds is 10. The first-order chi connectivity index (χ1) is 15.2. The lowest BCUT2D eigenvalue weighted by Gasteiger charge is -2.34. The number of hydrogen-bond donors (Lipinski definition) is 1. The first kappa shape index (κ1) is 22.8. The molecular formula is C24H31N3O4. The van der Waals surface area contributed by atoms with Crippen LogP contribution in [0.5, 0.6) is 5.75 Å². The van der Waals surface area contributed by atoms with Gasteiger partial charge in [-0.15, -0.1) is 0 Å². The van der Waals surface area contributed by atoms with E-state index in [1.54, 1.807) is 12.0 Å². The quantitative estimate of drug-likeness (QED) is 0.590. The molecule has 2 aromatic rings. The third-order valence-electron chi connectivity index (χ3n) is 5.26. The van der Waals surface area contributed by atoms with Crippen LogP contribution in [-0.2, 0) is 14.3 Å². The van der Waals surface area contributed by atoms with Gasteiger partial charge < -0.3 is 19.7 Å². The standard InChI is InChI=1S/C24H31N3O4/c1-30-17-5-12-25-23(28)18-26-13-15-27(16-14-26)24(29)19-31-22-10-8-21(9-11-22)20-6-3-2-4-7-20/h2-4,6-11H,5,12-19H2,1H3,(H,25,28). The highest BCUT2D eigenvalue weighted by Crippen LogP contribution is 2.22. The number of nitrogens with one attached hydrogen (secondary N) is 1. The molecule has 1 fully saturated rings. The molecule has 7 heteroatoms. The van der Waals surface area contributed by atoms with Gasteiger partial charge in [-0.25, -0.2) is 0 Å². The van der Waals surface area contributed by atoms with Gasteiger partial charge in [0.15, 0.2) is 6.61 Å². The van der Waals surface area contributed by atoms with Crippen LogP contribution in [0.15, 0.2) is 54.6 Å². The molecule has 1 aliphatic rings. The van der Waals surface area contributed by atoms with Crippen LogP contribution in [0.1, 0.15) is 6.42 Å². The molecular weight excluding hydrogens is 394 g/mol. The highest BCUT2D eigenvalue weighted by molar-refractivity contribution is 5.79. The zero-order valence-corrected chi connectivity index (χ0v) is 18.1. The molecule has 0 unspecified atom stereocenters. The number of hydrogen-bond acceptors (Lipinski definition) is 5. The van der Waals surface area contributed by atoms with Gasteiger partial charge in [0.25, 0.3) is 5.91 Å². The average Bonchev–Trinajstić information content (AvgIpc) is 2.82. The average molecular weight is 426 g/mol. The fraction of sp³-hybridized carbons (Fsp3) is 0.417. The minimum absolute atomic E-state index is 0.0122. The zero-order chi connectivity index (χ0) is 21.9. The smallest absolute Gasteiger partial charge is 0.260 e. The van der Waals surface area contributed by atoms with Crippen molar-refractivity contribution in [3.05, 3.63) is 54.6 Å². The molecule has 0 radical (unpaired) electrons. The Bertz CT molecular complexity index is 818. The maximum absolute atomic E-state index is 12.5. The van der Waals surface area contributed by atoms with Gasteiger partial charge in [-0.3, -0.25) is 14.5 Å². The predicted molar refractivity (Wildman–Crippen MR) is 120 cm³/mol. The van der Waals surface area contributed by atoms with E-state index in [4.69, 9.17) is 9.47 Å². The summed E-state index contributed by atoms with van der Waals surface area (Å²) in [4.78, 5) is 28.3. The van der Waals surface area contributed by atoms with Crippen LogP contribution in [-0.4, -0.2) is 81.2 Å². The van der Waals surface area contributed by atoms with Crippen molar-refractivity contribution in [2.24, 2.45) is 0 Å². The van der Waals surface area contributed by atoms with Crippen molar-refractivity contribution < 1.29 is 19.1 Å². The Hall–Kier alpha value is -2.90. The first-order valence-electron chi connectivity index (χ1n) is 10.7. The summed E-state index contributed by atoms with van der Waals surface area (Å²) >= 11 is 0. The lowest BCUT2D eigenvalue weighted by atomic mass is 10.1. The molecule has 0 atom stereocenters. The van der Waals surface area contributed by atoms with E-state index in [1.165, 1.54) is 0 Å².